The Kier molecular flexibility index (Phi) is 6.59. The van der Waals surface area contributed by atoms with Crippen LogP contribution in [-0.2, 0) is 13.1 Å². The number of amides is 2. The van der Waals surface area contributed by atoms with Gasteiger partial charge in [-0.05, 0) is 41.3 Å². The minimum Gasteiger partial charge on any atom is -0.493 e. The number of carbonyl (C=O) groups is 1. The van der Waals surface area contributed by atoms with Crippen LogP contribution < -0.4 is 10.1 Å². The highest BCUT2D eigenvalue weighted by atomic mass is 19.3. The van der Waals surface area contributed by atoms with Crippen LogP contribution in [-0.4, -0.2) is 54.1 Å². The van der Waals surface area contributed by atoms with Gasteiger partial charge in [-0.2, -0.15) is 0 Å². The number of nitrogens with one attached hydrogen (secondary N) is 1. The summed E-state index contributed by atoms with van der Waals surface area (Å²) >= 11 is 0. The van der Waals surface area contributed by atoms with Crippen LogP contribution in [0.1, 0.15) is 47.7 Å². The molecule has 2 N–H and O–H groups in total. The molecule has 2 unspecified atom stereocenters. The first-order valence-corrected chi connectivity index (χ1v) is 11.2. The number of β-amino-alcohol motifs (C(OH)–C–C–N with tert-alkyl or cyclic N) is 1. The van der Waals surface area contributed by atoms with E-state index >= 15 is 0 Å². The standard InChI is InChI=1S/C25H31F2N3O3/c1-16(28-24(32)29(2)3)18-6-4-17(5-7-18)12-30-13-19-8-9-21(10-22(19)23(31)14-30)33-15-20-11-25(20,26)27/h4-10,16,20,23,31H,11-15H2,1-3H3,(H,28,32)/t16-,20?,23?/m0/s1. The van der Waals surface area contributed by atoms with Gasteiger partial charge >= 0.3 is 6.03 Å². The first kappa shape index (κ1) is 23.4. The molecule has 2 aromatic rings. The molecule has 3 atom stereocenters. The Balaban J connectivity index is 1.34. The molecule has 2 aromatic carbocycles. The van der Waals surface area contributed by atoms with E-state index in [2.05, 4.69) is 10.2 Å². The maximum absolute atomic E-state index is 13.1. The predicted octanol–water partition coefficient (Wildman–Crippen LogP) is 4.10. The number of urea groups is 1. The molecule has 6 nitrogen and oxygen atoms in total. The second kappa shape index (κ2) is 9.27. The van der Waals surface area contributed by atoms with E-state index in [0.717, 1.165) is 22.3 Å². The van der Waals surface area contributed by atoms with E-state index < -0.39 is 17.9 Å². The molecule has 8 heteroatoms. The Bertz CT molecular complexity index is 997. The molecule has 178 valence electrons. The molecule has 1 saturated carbocycles. The number of benzene rings is 2. The minimum absolute atomic E-state index is 0.00143. The normalized spacial score (nSPS) is 22.2. The molecule has 33 heavy (non-hydrogen) atoms. The summed E-state index contributed by atoms with van der Waals surface area (Å²) in [4.78, 5) is 15.5. The molecular formula is C25H31F2N3O3. The van der Waals surface area contributed by atoms with Crippen molar-refractivity contribution in [2.24, 2.45) is 5.92 Å². The van der Waals surface area contributed by atoms with E-state index in [-0.39, 0.29) is 25.1 Å². The van der Waals surface area contributed by atoms with Crippen LogP contribution in [0.15, 0.2) is 42.5 Å². The topological polar surface area (TPSA) is 65.0 Å². The lowest BCUT2D eigenvalue weighted by Crippen LogP contribution is -2.36. The van der Waals surface area contributed by atoms with Gasteiger partial charge in [0, 0.05) is 40.2 Å². The summed E-state index contributed by atoms with van der Waals surface area (Å²) in [6.07, 6.45) is -0.777. The predicted molar refractivity (Wildman–Crippen MR) is 121 cm³/mol. The number of ether oxygens (including phenoxy) is 1. The number of aliphatic hydroxyl groups excluding tert-OH is 1. The molecule has 1 fully saturated rings. The van der Waals surface area contributed by atoms with Crippen molar-refractivity contribution in [3.63, 3.8) is 0 Å². The third kappa shape index (κ3) is 5.62. The zero-order valence-corrected chi connectivity index (χ0v) is 19.2. The third-order valence-corrected chi connectivity index (χ3v) is 6.34. The number of halogens is 2. The molecule has 4 rings (SSSR count). The SMILES string of the molecule is C[C@H](NC(=O)N(C)C)c1ccc(CN2Cc3ccc(OCC4CC4(F)F)cc3C(O)C2)cc1. The largest absolute Gasteiger partial charge is 0.493 e. The Morgan fingerprint density at radius 1 is 1.27 bits per heavy atom. The number of alkyl halides is 2. The zero-order valence-electron chi connectivity index (χ0n) is 19.2. The molecule has 1 heterocycles. The van der Waals surface area contributed by atoms with Gasteiger partial charge in [0.1, 0.15) is 5.75 Å². The number of fused-ring (bicyclic) bond motifs is 1. The summed E-state index contributed by atoms with van der Waals surface area (Å²) in [6.45, 7) is 3.80. The van der Waals surface area contributed by atoms with Crippen molar-refractivity contribution < 1.29 is 23.4 Å². The van der Waals surface area contributed by atoms with E-state index in [1.165, 1.54) is 4.90 Å². The molecule has 2 amide bonds. The lowest BCUT2D eigenvalue weighted by molar-refractivity contribution is 0.0834. The van der Waals surface area contributed by atoms with E-state index in [1.54, 1.807) is 26.2 Å². The first-order valence-electron chi connectivity index (χ1n) is 11.2. The molecule has 0 saturated heterocycles. The van der Waals surface area contributed by atoms with Crippen LogP contribution in [0.5, 0.6) is 5.75 Å². The monoisotopic (exact) mass is 459 g/mol. The summed E-state index contributed by atoms with van der Waals surface area (Å²) in [6, 6.07) is 13.3. The molecule has 1 aliphatic carbocycles. The number of nitrogens with zero attached hydrogens (tertiary/aromatic N) is 2. The number of aliphatic hydroxyl groups is 1. The number of rotatable bonds is 7. The van der Waals surface area contributed by atoms with E-state index in [0.29, 0.717) is 25.4 Å². The van der Waals surface area contributed by atoms with Crippen molar-refractivity contribution in [3.05, 3.63) is 64.7 Å². The van der Waals surface area contributed by atoms with Crippen LogP contribution in [0.4, 0.5) is 13.6 Å². The van der Waals surface area contributed by atoms with Gasteiger partial charge < -0.3 is 20.1 Å². The molecule has 1 aliphatic heterocycles. The van der Waals surface area contributed by atoms with Crippen molar-refractivity contribution in [1.29, 1.82) is 0 Å². The fraction of sp³-hybridized carbons (Fsp3) is 0.480. The number of carbonyl (C=O) groups excluding carboxylic acids is 1. The Labute approximate surface area is 193 Å². The van der Waals surface area contributed by atoms with Gasteiger partial charge in [0.2, 0.25) is 0 Å². The quantitative estimate of drug-likeness (QED) is 0.654. The van der Waals surface area contributed by atoms with Crippen LogP contribution in [0, 0.1) is 5.92 Å². The Morgan fingerprint density at radius 2 is 1.97 bits per heavy atom. The van der Waals surface area contributed by atoms with Crippen LogP contribution in [0.2, 0.25) is 0 Å². The number of hydrogen-bond donors (Lipinski definition) is 2. The molecule has 0 spiro atoms. The van der Waals surface area contributed by atoms with Crippen molar-refractivity contribution in [2.75, 3.05) is 27.2 Å². The van der Waals surface area contributed by atoms with Crippen molar-refractivity contribution in [3.8, 4) is 5.75 Å². The highest BCUT2D eigenvalue weighted by Crippen LogP contribution is 2.48. The second-order valence-corrected chi connectivity index (χ2v) is 9.33. The summed E-state index contributed by atoms with van der Waals surface area (Å²) in [5, 5.41) is 13.6. The van der Waals surface area contributed by atoms with Gasteiger partial charge in [0.15, 0.2) is 0 Å². The van der Waals surface area contributed by atoms with Crippen LogP contribution >= 0.6 is 0 Å². The van der Waals surface area contributed by atoms with Gasteiger partial charge in [-0.15, -0.1) is 0 Å². The summed E-state index contributed by atoms with van der Waals surface area (Å²) in [5.41, 5.74) is 3.95. The van der Waals surface area contributed by atoms with E-state index in [1.807, 2.05) is 37.3 Å². The Hall–Kier alpha value is -2.71. The average molecular weight is 460 g/mol. The summed E-state index contributed by atoms with van der Waals surface area (Å²) in [5.74, 6) is -2.77. The van der Waals surface area contributed by atoms with Gasteiger partial charge in [0.05, 0.1) is 24.7 Å². The third-order valence-electron chi connectivity index (χ3n) is 6.34. The fourth-order valence-corrected chi connectivity index (χ4v) is 4.10. The highest BCUT2D eigenvalue weighted by molar-refractivity contribution is 5.74. The second-order valence-electron chi connectivity index (χ2n) is 9.33. The van der Waals surface area contributed by atoms with Crippen molar-refractivity contribution in [1.82, 2.24) is 15.1 Å². The molecule has 0 bridgehead atoms. The smallest absolute Gasteiger partial charge is 0.317 e. The van der Waals surface area contributed by atoms with Gasteiger partial charge in [-0.25, -0.2) is 13.6 Å². The first-order chi connectivity index (χ1) is 15.6. The summed E-state index contributed by atoms with van der Waals surface area (Å²) < 4.78 is 31.6. The molecule has 0 aromatic heterocycles. The van der Waals surface area contributed by atoms with E-state index in [9.17, 15) is 18.7 Å². The Morgan fingerprint density at radius 3 is 2.61 bits per heavy atom. The fourth-order valence-electron chi connectivity index (χ4n) is 4.10. The highest BCUT2D eigenvalue weighted by Gasteiger charge is 2.57. The van der Waals surface area contributed by atoms with Gasteiger partial charge in [0.25, 0.3) is 5.92 Å². The van der Waals surface area contributed by atoms with Crippen molar-refractivity contribution in [2.45, 2.75) is 44.5 Å². The molecule has 2 aliphatic rings. The summed E-state index contributed by atoms with van der Waals surface area (Å²) in [7, 11) is 3.42. The van der Waals surface area contributed by atoms with Crippen LogP contribution in [0.3, 0.4) is 0 Å². The van der Waals surface area contributed by atoms with E-state index in [4.69, 9.17) is 4.74 Å². The minimum atomic E-state index is -2.59. The lowest BCUT2D eigenvalue weighted by atomic mass is 9.96. The maximum Gasteiger partial charge on any atom is 0.317 e. The lowest BCUT2D eigenvalue weighted by Gasteiger charge is -2.32. The molecular weight excluding hydrogens is 428 g/mol. The zero-order chi connectivity index (χ0) is 23.8. The molecule has 0 radical (unpaired) electrons. The maximum atomic E-state index is 13.1. The number of hydrogen-bond acceptors (Lipinski definition) is 4. The van der Waals surface area contributed by atoms with Crippen LogP contribution in [0.25, 0.3) is 0 Å². The van der Waals surface area contributed by atoms with Gasteiger partial charge in [-0.1, -0.05) is 30.3 Å². The average Bonchev–Trinajstić information content (AvgIpc) is 3.39. The van der Waals surface area contributed by atoms with Gasteiger partial charge in [-0.3, -0.25) is 4.90 Å². The van der Waals surface area contributed by atoms with Crippen molar-refractivity contribution >= 4 is 6.03 Å².